The lowest BCUT2D eigenvalue weighted by molar-refractivity contribution is 0.943. The Morgan fingerprint density at radius 2 is 0.606 bits per heavy atom. The molecule has 6 nitrogen and oxygen atoms in total. The van der Waals surface area contributed by atoms with E-state index < -0.39 is 0 Å². The molecule has 5 heterocycles. The van der Waals surface area contributed by atoms with Crippen LogP contribution in [0.1, 0.15) is 0 Å². The molecule has 0 spiro atoms. The normalized spacial score (nSPS) is 12.0. The summed E-state index contributed by atoms with van der Waals surface area (Å²) < 4.78 is 10.6. The molecule has 71 heavy (non-hydrogen) atoms. The van der Waals surface area contributed by atoms with E-state index in [1.165, 1.54) is 27.1 Å². The average Bonchev–Trinajstić information content (AvgIpc) is 4.17. The lowest BCUT2D eigenvalue weighted by atomic mass is 10.0. The molecule has 0 unspecified atom stereocenters. The molecule has 0 bridgehead atoms. The van der Waals surface area contributed by atoms with E-state index in [-0.39, 0.29) is 0 Å². The third kappa shape index (κ3) is 5.87. The van der Waals surface area contributed by atoms with Crippen molar-refractivity contribution in [1.29, 1.82) is 0 Å². The highest BCUT2D eigenvalue weighted by Crippen LogP contribution is 2.45. The molecule has 7 heteroatoms. The van der Waals surface area contributed by atoms with Crippen LogP contribution in [0.5, 0.6) is 0 Å². The van der Waals surface area contributed by atoms with Crippen molar-refractivity contribution < 1.29 is 0 Å². The lowest BCUT2D eigenvalue weighted by Crippen LogP contribution is -2.11. The number of para-hydroxylation sites is 6. The quantitative estimate of drug-likeness (QED) is 0.156. The first-order valence-corrected chi connectivity index (χ1v) is 25.0. The van der Waals surface area contributed by atoms with E-state index in [0.717, 1.165) is 103 Å². The zero-order chi connectivity index (χ0) is 46.7. The van der Waals surface area contributed by atoms with Gasteiger partial charge in [0, 0.05) is 60.0 Å². The van der Waals surface area contributed by atoms with Crippen molar-refractivity contribution in [2.24, 2.45) is 0 Å². The van der Waals surface area contributed by atoms with Gasteiger partial charge in [-0.1, -0.05) is 188 Å². The summed E-state index contributed by atoms with van der Waals surface area (Å²) in [6.45, 7) is 0. The number of halogens is 1. The molecule has 332 valence electrons. The molecule has 5 aromatic heterocycles. The smallest absolute Gasteiger partial charge is 0.237 e. The molecule has 0 N–H and O–H groups in total. The van der Waals surface area contributed by atoms with Gasteiger partial charge in [-0.05, 0) is 82.2 Å². The third-order valence-corrected chi connectivity index (χ3v) is 15.5. The zero-order valence-corrected chi connectivity index (χ0v) is 40.2. The molecule has 0 atom stereocenters. The largest absolute Gasteiger partial charge is 0.307 e. The van der Waals surface area contributed by atoms with Crippen molar-refractivity contribution in [2.45, 2.75) is 0 Å². The molecule has 0 aliphatic rings. The van der Waals surface area contributed by atoms with Gasteiger partial charge in [0.15, 0.2) is 5.82 Å². The van der Waals surface area contributed by atoms with Crippen molar-refractivity contribution in [3.63, 3.8) is 0 Å². The lowest BCUT2D eigenvalue weighted by Gasteiger charge is -2.18. The van der Waals surface area contributed by atoms with Gasteiger partial charge < -0.3 is 9.13 Å². The summed E-state index contributed by atoms with van der Waals surface area (Å²) in [5, 5.41) is 9.33. The molecular weight excluding hydrogens is 980 g/mol. The summed E-state index contributed by atoms with van der Waals surface area (Å²) in [5.41, 5.74) is 15.1. The van der Waals surface area contributed by atoms with Gasteiger partial charge in [0.05, 0.1) is 53.4 Å². The average molecular weight is 1020 g/mol. The Balaban J connectivity index is 1.12. The molecular formula is C64H39IN6. The third-order valence-electron chi connectivity index (χ3n) is 14.5. The molecule has 0 fully saturated rings. The summed E-state index contributed by atoms with van der Waals surface area (Å²) in [4.78, 5) is 11.7. The SMILES string of the molecule is Ic1c(-c2ccc(-c3ccccc3)cc2)nc(-n2c3ccccc3c3ccc4c5ccccc5n(-c5ccccc5)c4c32)nc1-n1c2ccccc2c2ccc3c4ccccc4n(-c4ccccc4)c3c21. The van der Waals surface area contributed by atoms with Gasteiger partial charge in [-0.15, -0.1) is 0 Å². The van der Waals surface area contributed by atoms with Gasteiger partial charge in [0.2, 0.25) is 5.95 Å². The first-order chi connectivity index (χ1) is 35.2. The molecule has 0 aliphatic heterocycles. The highest BCUT2D eigenvalue weighted by molar-refractivity contribution is 14.1. The molecule has 15 aromatic rings. The fourth-order valence-electron chi connectivity index (χ4n) is 11.4. The summed E-state index contributed by atoms with van der Waals surface area (Å²) >= 11 is 2.53. The number of benzene rings is 10. The highest BCUT2D eigenvalue weighted by Gasteiger charge is 2.28. The van der Waals surface area contributed by atoms with Crippen LogP contribution < -0.4 is 0 Å². The predicted octanol–water partition coefficient (Wildman–Crippen LogP) is 16.8. The monoisotopic (exact) mass is 1020 g/mol. The van der Waals surface area contributed by atoms with Crippen LogP contribution in [0.15, 0.2) is 237 Å². The van der Waals surface area contributed by atoms with E-state index in [1.54, 1.807) is 0 Å². The fourth-order valence-corrected chi connectivity index (χ4v) is 12.2. The van der Waals surface area contributed by atoms with Gasteiger partial charge in [-0.2, -0.15) is 4.98 Å². The van der Waals surface area contributed by atoms with Crippen LogP contribution in [0.25, 0.3) is 133 Å². The standard InChI is InChI=1S/C64H39IN6/c65-57-58(42-34-32-41(33-35-42)40-18-4-1-5-19-40)66-64(71-56-31-17-13-27-48(56)52-39-37-50-46-25-11-15-29-54(46)69(60(50)62(52)71)44-22-8-3-9-23-44)67-63(57)70-55-30-16-12-26-47(55)51-38-36-49-45-24-10-14-28-53(45)68(59(49)61(51)70)43-20-6-2-7-21-43/h1-39H. The molecule has 0 saturated carbocycles. The second-order valence-corrected chi connectivity index (χ2v) is 19.3. The van der Waals surface area contributed by atoms with Gasteiger partial charge in [0.1, 0.15) is 0 Å². The number of nitrogens with zero attached hydrogens (tertiary/aromatic N) is 6. The highest BCUT2D eigenvalue weighted by atomic mass is 127. The van der Waals surface area contributed by atoms with Crippen molar-refractivity contribution in [3.05, 3.63) is 240 Å². The summed E-state index contributed by atoms with van der Waals surface area (Å²) in [6.07, 6.45) is 0. The Labute approximate surface area is 421 Å². The van der Waals surface area contributed by atoms with Crippen LogP contribution in [0.2, 0.25) is 0 Å². The van der Waals surface area contributed by atoms with E-state index in [0.29, 0.717) is 5.95 Å². The topological polar surface area (TPSA) is 45.5 Å². The minimum absolute atomic E-state index is 0.591. The fraction of sp³-hybridized carbons (Fsp3) is 0. The van der Waals surface area contributed by atoms with Gasteiger partial charge >= 0.3 is 0 Å². The number of hydrogen-bond acceptors (Lipinski definition) is 2. The maximum Gasteiger partial charge on any atom is 0.237 e. The number of fused-ring (bicyclic) bond motifs is 14. The van der Waals surface area contributed by atoms with E-state index in [4.69, 9.17) is 9.97 Å². The van der Waals surface area contributed by atoms with E-state index in [1.807, 2.05) is 0 Å². The van der Waals surface area contributed by atoms with Crippen LogP contribution in [0.4, 0.5) is 0 Å². The van der Waals surface area contributed by atoms with Crippen LogP contribution in [0.3, 0.4) is 0 Å². The number of rotatable bonds is 6. The van der Waals surface area contributed by atoms with Crippen LogP contribution in [-0.2, 0) is 0 Å². The molecule has 0 radical (unpaired) electrons. The predicted molar refractivity (Wildman–Crippen MR) is 303 cm³/mol. The van der Waals surface area contributed by atoms with Crippen molar-refractivity contribution in [1.82, 2.24) is 28.2 Å². The Bertz CT molecular complexity index is 4620. The minimum atomic E-state index is 0.591. The molecule has 0 saturated heterocycles. The first-order valence-electron chi connectivity index (χ1n) is 24.0. The van der Waals surface area contributed by atoms with Gasteiger partial charge in [-0.3, -0.25) is 9.13 Å². The summed E-state index contributed by atoms with van der Waals surface area (Å²) in [7, 11) is 0. The molecule has 15 rings (SSSR count). The van der Waals surface area contributed by atoms with Crippen molar-refractivity contribution >= 4 is 110 Å². The Morgan fingerprint density at radius 3 is 1.07 bits per heavy atom. The second kappa shape index (κ2) is 15.6. The maximum atomic E-state index is 5.92. The van der Waals surface area contributed by atoms with Crippen LogP contribution >= 0.6 is 22.6 Å². The van der Waals surface area contributed by atoms with E-state index in [2.05, 4.69) is 277 Å². The summed E-state index contributed by atoms with van der Waals surface area (Å²) in [6, 6.07) is 85.1. The maximum absolute atomic E-state index is 5.92. The Kier molecular flexibility index (Phi) is 8.83. The van der Waals surface area contributed by atoms with E-state index in [9.17, 15) is 0 Å². The van der Waals surface area contributed by atoms with E-state index >= 15 is 0 Å². The number of aromatic nitrogens is 6. The Morgan fingerprint density at radius 1 is 0.268 bits per heavy atom. The zero-order valence-electron chi connectivity index (χ0n) is 38.1. The first kappa shape index (κ1) is 40.1. The molecule has 10 aromatic carbocycles. The van der Waals surface area contributed by atoms with Crippen molar-refractivity contribution in [2.75, 3.05) is 0 Å². The van der Waals surface area contributed by atoms with Gasteiger partial charge in [0.25, 0.3) is 0 Å². The molecule has 0 amide bonds. The second-order valence-electron chi connectivity index (χ2n) is 18.3. The summed E-state index contributed by atoms with van der Waals surface area (Å²) in [5.74, 6) is 1.40. The Hall–Kier alpha value is -8.79. The minimum Gasteiger partial charge on any atom is -0.307 e. The molecule has 0 aliphatic carbocycles. The van der Waals surface area contributed by atoms with Crippen molar-refractivity contribution in [3.8, 4) is 45.5 Å². The van der Waals surface area contributed by atoms with Crippen LogP contribution in [-0.4, -0.2) is 28.2 Å². The number of hydrogen-bond donors (Lipinski definition) is 0. The van der Waals surface area contributed by atoms with Crippen LogP contribution in [0, 0.1) is 3.57 Å². The van der Waals surface area contributed by atoms with Gasteiger partial charge in [-0.25, -0.2) is 4.98 Å².